The maximum atomic E-state index is 12.4. The minimum atomic E-state index is -0.994. The highest BCUT2D eigenvalue weighted by molar-refractivity contribution is 5.94. The standard InChI is InChI=1S/C24H17NO5/c26-22(25-14-15-5-7-18(8-6-15)23(27)28)17-11-9-16(10-12-17)20-13-19-3-1-2-4-21(19)30-24(20)29/h1-13H,14H2,(H,25,26)(H,27,28). The molecule has 0 spiro atoms. The van der Waals surface area contributed by atoms with E-state index in [-0.39, 0.29) is 18.0 Å². The summed E-state index contributed by atoms with van der Waals surface area (Å²) >= 11 is 0. The molecule has 1 amide bonds. The zero-order chi connectivity index (χ0) is 21.1. The van der Waals surface area contributed by atoms with Crippen molar-refractivity contribution >= 4 is 22.8 Å². The minimum absolute atomic E-state index is 0.193. The molecule has 0 aliphatic rings. The van der Waals surface area contributed by atoms with Gasteiger partial charge in [-0.05, 0) is 47.5 Å². The molecule has 0 saturated heterocycles. The molecule has 1 heterocycles. The summed E-state index contributed by atoms with van der Waals surface area (Å²) in [6.45, 7) is 0.273. The van der Waals surface area contributed by atoms with Crippen molar-refractivity contribution in [1.82, 2.24) is 5.32 Å². The van der Waals surface area contributed by atoms with Gasteiger partial charge in [-0.15, -0.1) is 0 Å². The van der Waals surface area contributed by atoms with Gasteiger partial charge in [0.2, 0.25) is 0 Å². The van der Waals surface area contributed by atoms with E-state index in [4.69, 9.17) is 9.52 Å². The molecule has 0 unspecified atom stereocenters. The van der Waals surface area contributed by atoms with Crippen molar-refractivity contribution in [3.63, 3.8) is 0 Å². The van der Waals surface area contributed by atoms with Crippen LogP contribution in [0.15, 0.2) is 88.1 Å². The van der Waals surface area contributed by atoms with E-state index in [2.05, 4.69) is 5.32 Å². The predicted octanol–water partition coefficient (Wildman–Crippen LogP) is 4.09. The zero-order valence-corrected chi connectivity index (χ0v) is 15.8. The van der Waals surface area contributed by atoms with Crippen LogP contribution >= 0.6 is 0 Å². The molecule has 4 rings (SSSR count). The molecule has 0 saturated carbocycles. The van der Waals surface area contributed by atoms with Gasteiger partial charge in [-0.2, -0.15) is 0 Å². The Bertz CT molecular complexity index is 1290. The summed E-state index contributed by atoms with van der Waals surface area (Å²) in [6.07, 6.45) is 0. The average Bonchev–Trinajstić information content (AvgIpc) is 2.77. The molecule has 6 nitrogen and oxygen atoms in total. The van der Waals surface area contributed by atoms with E-state index >= 15 is 0 Å². The number of aromatic carboxylic acids is 1. The first-order valence-electron chi connectivity index (χ1n) is 9.25. The predicted molar refractivity (Wildman–Crippen MR) is 112 cm³/mol. The Morgan fingerprint density at radius 2 is 1.53 bits per heavy atom. The summed E-state index contributed by atoms with van der Waals surface area (Å²) in [7, 11) is 0. The first-order chi connectivity index (χ1) is 14.5. The third kappa shape index (κ3) is 3.98. The Labute approximate surface area is 171 Å². The second-order valence-corrected chi connectivity index (χ2v) is 6.75. The first kappa shape index (κ1) is 19.1. The van der Waals surface area contributed by atoms with Gasteiger partial charge in [0.25, 0.3) is 5.91 Å². The van der Waals surface area contributed by atoms with Gasteiger partial charge in [0.15, 0.2) is 0 Å². The number of hydrogen-bond acceptors (Lipinski definition) is 4. The van der Waals surface area contributed by atoms with Gasteiger partial charge in [0.05, 0.1) is 11.1 Å². The van der Waals surface area contributed by atoms with Crippen LogP contribution in [0.1, 0.15) is 26.3 Å². The molecular weight excluding hydrogens is 382 g/mol. The number of benzene rings is 3. The Balaban J connectivity index is 1.48. The van der Waals surface area contributed by atoms with Crippen LogP contribution < -0.4 is 10.9 Å². The molecule has 3 aromatic carbocycles. The molecule has 148 valence electrons. The van der Waals surface area contributed by atoms with Crippen molar-refractivity contribution in [3.8, 4) is 11.1 Å². The van der Waals surface area contributed by atoms with E-state index in [1.165, 1.54) is 12.1 Å². The number of carboxylic acids is 1. The fraction of sp³-hybridized carbons (Fsp3) is 0.0417. The lowest BCUT2D eigenvalue weighted by Crippen LogP contribution is -2.22. The topological polar surface area (TPSA) is 96.6 Å². The fourth-order valence-electron chi connectivity index (χ4n) is 3.11. The highest BCUT2D eigenvalue weighted by Gasteiger charge is 2.10. The van der Waals surface area contributed by atoms with Gasteiger partial charge in [0.1, 0.15) is 5.58 Å². The lowest BCUT2D eigenvalue weighted by molar-refractivity contribution is 0.0696. The number of para-hydroxylation sites is 1. The second kappa shape index (κ2) is 8.05. The van der Waals surface area contributed by atoms with Gasteiger partial charge in [-0.1, -0.05) is 42.5 Å². The average molecular weight is 399 g/mol. The van der Waals surface area contributed by atoms with E-state index in [0.29, 0.717) is 22.3 Å². The molecule has 0 bridgehead atoms. The molecule has 1 aromatic heterocycles. The summed E-state index contributed by atoms with van der Waals surface area (Å²) in [5, 5.41) is 12.5. The van der Waals surface area contributed by atoms with Gasteiger partial charge >= 0.3 is 11.6 Å². The molecule has 0 fully saturated rings. The van der Waals surface area contributed by atoms with Crippen LogP contribution in [0, 0.1) is 0 Å². The maximum absolute atomic E-state index is 12.4. The van der Waals surface area contributed by atoms with Crippen molar-refractivity contribution in [1.29, 1.82) is 0 Å². The highest BCUT2D eigenvalue weighted by atomic mass is 16.4. The van der Waals surface area contributed by atoms with Gasteiger partial charge in [0, 0.05) is 17.5 Å². The number of amides is 1. The molecule has 4 aromatic rings. The summed E-state index contributed by atoms with van der Waals surface area (Å²) in [6, 6.07) is 22.1. The van der Waals surface area contributed by atoms with Crippen molar-refractivity contribution in [2.24, 2.45) is 0 Å². The van der Waals surface area contributed by atoms with Crippen LogP contribution in [0.5, 0.6) is 0 Å². The number of carbonyl (C=O) groups is 2. The number of carbonyl (C=O) groups excluding carboxylic acids is 1. The Morgan fingerprint density at radius 3 is 2.23 bits per heavy atom. The van der Waals surface area contributed by atoms with E-state index in [1.54, 1.807) is 54.6 Å². The third-order valence-electron chi connectivity index (χ3n) is 4.75. The Kier molecular flexibility index (Phi) is 5.13. The van der Waals surface area contributed by atoms with Gasteiger partial charge in [-0.25, -0.2) is 9.59 Å². The Morgan fingerprint density at radius 1 is 0.867 bits per heavy atom. The van der Waals surface area contributed by atoms with Crippen LogP contribution in [0.2, 0.25) is 0 Å². The smallest absolute Gasteiger partial charge is 0.344 e. The molecular formula is C24H17NO5. The van der Waals surface area contributed by atoms with Crippen LogP contribution in [-0.2, 0) is 6.54 Å². The lowest BCUT2D eigenvalue weighted by Gasteiger charge is -2.07. The van der Waals surface area contributed by atoms with Crippen LogP contribution in [0.4, 0.5) is 0 Å². The number of hydrogen-bond donors (Lipinski definition) is 2. The van der Waals surface area contributed by atoms with E-state index in [9.17, 15) is 14.4 Å². The van der Waals surface area contributed by atoms with Gasteiger partial charge < -0.3 is 14.8 Å². The number of carboxylic acid groups (broad SMARTS) is 1. The quantitative estimate of drug-likeness (QED) is 0.493. The fourth-order valence-corrected chi connectivity index (χ4v) is 3.11. The summed E-state index contributed by atoms with van der Waals surface area (Å²) in [5.41, 5.74) is 2.62. The molecule has 0 radical (unpaired) electrons. The molecule has 6 heteroatoms. The Hall–Kier alpha value is -4.19. The van der Waals surface area contributed by atoms with Crippen molar-refractivity contribution in [2.45, 2.75) is 6.54 Å². The number of fused-ring (bicyclic) bond motifs is 1. The van der Waals surface area contributed by atoms with Crippen molar-refractivity contribution in [2.75, 3.05) is 0 Å². The molecule has 0 aliphatic heterocycles. The van der Waals surface area contributed by atoms with Crippen molar-refractivity contribution in [3.05, 3.63) is 106 Å². The molecule has 2 N–H and O–H groups in total. The normalized spacial score (nSPS) is 10.7. The second-order valence-electron chi connectivity index (χ2n) is 6.75. The summed E-state index contributed by atoms with van der Waals surface area (Å²) < 4.78 is 5.36. The zero-order valence-electron chi connectivity index (χ0n) is 15.8. The first-order valence-corrected chi connectivity index (χ1v) is 9.25. The third-order valence-corrected chi connectivity index (χ3v) is 4.75. The highest BCUT2D eigenvalue weighted by Crippen LogP contribution is 2.21. The van der Waals surface area contributed by atoms with Crippen LogP contribution in [0.25, 0.3) is 22.1 Å². The largest absolute Gasteiger partial charge is 0.478 e. The van der Waals surface area contributed by atoms with Crippen LogP contribution in [0.3, 0.4) is 0 Å². The number of rotatable bonds is 5. The van der Waals surface area contributed by atoms with Gasteiger partial charge in [-0.3, -0.25) is 4.79 Å². The lowest BCUT2D eigenvalue weighted by atomic mass is 10.0. The molecule has 30 heavy (non-hydrogen) atoms. The minimum Gasteiger partial charge on any atom is -0.478 e. The maximum Gasteiger partial charge on any atom is 0.344 e. The number of nitrogens with one attached hydrogen (secondary N) is 1. The summed E-state index contributed by atoms with van der Waals surface area (Å²) in [4.78, 5) is 35.6. The monoisotopic (exact) mass is 399 g/mol. The van der Waals surface area contributed by atoms with E-state index < -0.39 is 11.6 Å². The van der Waals surface area contributed by atoms with E-state index in [1.807, 2.05) is 12.1 Å². The van der Waals surface area contributed by atoms with E-state index in [0.717, 1.165) is 10.9 Å². The molecule has 0 aliphatic carbocycles. The van der Waals surface area contributed by atoms with Crippen molar-refractivity contribution < 1.29 is 19.1 Å². The van der Waals surface area contributed by atoms with Crippen LogP contribution in [-0.4, -0.2) is 17.0 Å². The SMILES string of the molecule is O=C(O)c1ccc(CNC(=O)c2ccc(-c3cc4ccccc4oc3=O)cc2)cc1. The molecule has 0 atom stereocenters. The summed E-state index contributed by atoms with van der Waals surface area (Å²) in [5.74, 6) is -1.26.